The first-order chi connectivity index (χ1) is 8.67. The first kappa shape index (κ1) is 13.3. The average Bonchev–Trinajstić information content (AvgIpc) is 2.60. The van der Waals surface area contributed by atoms with Crippen molar-refractivity contribution in [3.8, 4) is 5.75 Å². The Balaban J connectivity index is 2.08. The summed E-state index contributed by atoms with van der Waals surface area (Å²) >= 11 is 0. The highest BCUT2D eigenvalue weighted by Gasteiger charge is 2.26. The molecule has 2 N–H and O–H groups in total. The lowest BCUT2D eigenvalue weighted by molar-refractivity contribution is 0.117. The van der Waals surface area contributed by atoms with Gasteiger partial charge in [-0.05, 0) is 20.0 Å². The molecule has 2 rings (SSSR count). The lowest BCUT2D eigenvalue weighted by Crippen LogP contribution is -2.52. The van der Waals surface area contributed by atoms with Crippen molar-refractivity contribution in [3.63, 3.8) is 0 Å². The standard InChI is InChI=1S/C14H22N2O2/c1-14(11-17,15-2)10-16-7-8-18-13-6-4-3-5-12(13)9-16/h3-6,15,17H,7-11H2,1-2H3. The number of rotatable bonds is 4. The van der Waals surface area contributed by atoms with Crippen molar-refractivity contribution in [2.24, 2.45) is 0 Å². The average molecular weight is 250 g/mol. The number of ether oxygens (including phenoxy) is 1. The molecule has 0 saturated heterocycles. The Bertz CT molecular complexity index is 391. The second-order valence-electron chi connectivity index (χ2n) is 5.14. The highest BCUT2D eigenvalue weighted by atomic mass is 16.5. The van der Waals surface area contributed by atoms with Gasteiger partial charge < -0.3 is 15.2 Å². The van der Waals surface area contributed by atoms with Gasteiger partial charge in [0.25, 0.3) is 0 Å². The summed E-state index contributed by atoms with van der Waals surface area (Å²) in [4.78, 5) is 2.32. The van der Waals surface area contributed by atoms with Crippen LogP contribution in [-0.4, -0.2) is 48.9 Å². The number of fused-ring (bicyclic) bond motifs is 1. The largest absolute Gasteiger partial charge is 0.492 e. The monoisotopic (exact) mass is 250 g/mol. The second kappa shape index (κ2) is 5.69. The zero-order chi connectivity index (χ0) is 13.0. The molecule has 1 aliphatic rings. The quantitative estimate of drug-likeness (QED) is 0.831. The van der Waals surface area contributed by atoms with Crippen molar-refractivity contribution in [1.82, 2.24) is 10.2 Å². The molecule has 1 heterocycles. The molecule has 1 aromatic carbocycles. The molecule has 0 aromatic heterocycles. The first-order valence-corrected chi connectivity index (χ1v) is 6.40. The van der Waals surface area contributed by atoms with Gasteiger partial charge in [0.05, 0.1) is 12.1 Å². The van der Waals surface area contributed by atoms with Crippen molar-refractivity contribution in [1.29, 1.82) is 0 Å². The minimum atomic E-state index is -0.265. The molecule has 0 bridgehead atoms. The van der Waals surface area contributed by atoms with Crippen LogP contribution in [0.25, 0.3) is 0 Å². The van der Waals surface area contributed by atoms with Crippen LogP contribution in [0, 0.1) is 0 Å². The molecule has 4 heteroatoms. The van der Waals surface area contributed by atoms with Crippen LogP contribution in [0.1, 0.15) is 12.5 Å². The summed E-state index contributed by atoms with van der Waals surface area (Å²) in [5.74, 6) is 0.982. The molecule has 1 aromatic rings. The third-order valence-electron chi connectivity index (χ3n) is 3.56. The lowest BCUT2D eigenvalue weighted by Gasteiger charge is -2.33. The van der Waals surface area contributed by atoms with E-state index in [1.54, 1.807) is 0 Å². The molecule has 0 fully saturated rings. The first-order valence-electron chi connectivity index (χ1n) is 6.40. The predicted octanol–water partition coefficient (Wildman–Crippen LogP) is 0.851. The molecule has 4 nitrogen and oxygen atoms in total. The van der Waals surface area contributed by atoms with Gasteiger partial charge in [-0.3, -0.25) is 4.90 Å². The van der Waals surface area contributed by atoms with Crippen molar-refractivity contribution < 1.29 is 9.84 Å². The Morgan fingerprint density at radius 2 is 2.22 bits per heavy atom. The number of hydrogen-bond acceptors (Lipinski definition) is 4. The van der Waals surface area contributed by atoms with Crippen LogP contribution in [-0.2, 0) is 6.54 Å². The maximum absolute atomic E-state index is 9.46. The topological polar surface area (TPSA) is 44.7 Å². The van der Waals surface area contributed by atoms with Gasteiger partial charge >= 0.3 is 0 Å². The fraction of sp³-hybridized carbons (Fsp3) is 0.571. The molecule has 0 aliphatic carbocycles. The molecule has 0 saturated carbocycles. The van der Waals surface area contributed by atoms with Crippen LogP contribution in [0.5, 0.6) is 5.75 Å². The number of nitrogens with one attached hydrogen (secondary N) is 1. The molecule has 18 heavy (non-hydrogen) atoms. The molecule has 0 radical (unpaired) electrons. The Morgan fingerprint density at radius 3 is 2.94 bits per heavy atom. The van der Waals surface area contributed by atoms with Gasteiger partial charge in [0, 0.05) is 25.2 Å². The van der Waals surface area contributed by atoms with E-state index in [2.05, 4.69) is 16.3 Å². The van der Waals surface area contributed by atoms with E-state index >= 15 is 0 Å². The fourth-order valence-corrected chi connectivity index (χ4v) is 2.22. The normalized spacial score (nSPS) is 19.5. The summed E-state index contributed by atoms with van der Waals surface area (Å²) < 4.78 is 5.74. The SMILES string of the molecule is CNC(C)(CO)CN1CCOc2ccccc2C1. The number of likely N-dealkylation sites (N-methyl/N-ethyl adjacent to an activating group) is 1. The number of nitrogens with zero attached hydrogens (tertiary/aromatic N) is 1. The molecule has 1 unspecified atom stereocenters. The van der Waals surface area contributed by atoms with Gasteiger partial charge in [0.2, 0.25) is 0 Å². The summed E-state index contributed by atoms with van der Waals surface area (Å²) in [6.45, 7) is 5.41. The Morgan fingerprint density at radius 1 is 1.44 bits per heavy atom. The zero-order valence-electron chi connectivity index (χ0n) is 11.1. The predicted molar refractivity (Wildman–Crippen MR) is 71.8 cm³/mol. The van der Waals surface area contributed by atoms with E-state index in [9.17, 15) is 5.11 Å². The van der Waals surface area contributed by atoms with Gasteiger partial charge in [-0.1, -0.05) is 18.2 Å². The van der Waals surface area contributed by atoms with Gasteiger partial charge in [-0.25, -0.2) is 0 Å². The van der Waals surface area contributed by atoms with Crippen molar-refractivity contribution >= 4 is 0 Å². The van der Waals surface area contributed by atoms with E-state index in [0.717, 1.165) is 25.4 Å². The van der Waals surface area contributed by atoms with Crippen LogP contribution >= 0.6 is 0 Å². The minimum absolute atomic E-state index is 0.127. The van der Waals surface area contributed by atoms with E-state index in [1.807, 2.05) is 32.2 Å². The summed E-state index contributed by atoms with van der Waals surface area (Å²) in [6.07, 6.45) is 0. The summed E-state index contributed by atoms with van der Waals surface area (Å²) in [6, 6.07) is 8.15. The Kier molecular flexibility index (Phi) is 4.22. The number of aliphatic hydroxyl groups excluding tert-OH is 1. The number of para-hydroxylation sites is 1. The van der Waals surface area contributed by atoms with E-state index in [-0.39, 0.29) is 12.1 Å². The van der Waals surface area contributed by atoms with Gasteiger partial charge in [-0.15, -0.1) is 0 Å². The van der Waals surface area contributed by atoms with E-state index < -0.39 is 0 Å². The summed E-state index contributed by atoms with van der Waals surface area (Å²) in [5, 5.41) is 12.6. The molecular formula is C14H22N2O2. The maximum atomic E-state index is 9.46. The zero-order valence-corrected chi connectivity index (χ0v) is 11.1. The lowest BCUT2D eigenvalue weighted by atomic mass is 10.0. The van der Waals surface area contributed by atoms with E-state index in [4.69, 9.17) is 4.74 Å². The van der Waals surface area contributed by atoms with Gasteiger partial charge in [-0.2, -0.15) is 0 Å². The van der Waals surface area contributed by atoms with Crippen LogP contribution in [0.4, 0.5) is 0 Å². The van der Waals surface area contributed by atoms with Crippen molar-refractivity contribution in [3.05, 3.63) is 29.8 Å². The fourth-order valence-electron chi connectivity index (χ4n) is 2.22. The third kappa shape index (κ3) is 3.02. The molecule has 1 aliphatic heterocycles. The van der Waals surface area contributed by atoms with Crippen LogP contribution in [0.2, 0.25) is 0 Å². The summed E-state index contributed by atoms with van der Waals surface area (Å²) in [5.41, 5.74) is 0.950. The number of benzene rings is 1. The molecule has 1 atom stereocenters. The molecule has 0 spiro atoms. The Labute approximate surface area is 109 Å². The van der Waals surface area contributed by atoms with Crippen LogP contribution in [0.15, 0.2) is 24.3 Å². The van der Waals surface area contributed by atoms with Crippen molar-refractivity contribution in [2.75, 3.05) is 33.4 Å². The molecule has 0 amide bonds. The van der Waals surface area contributed by atoms with Gasteiger partial charge in [0.1, 0.15) is 12.4 Å². The van der Waals surface area contributed by atoms with E-state index in [1.165, 1.54) is 5.56 Å². The second-order valence-corrected chi connectivity index (χ2v) is 5.14. The highest BCUT2D eigenvalue weighted by molar-refractivity contribution is 5.33. The molecular weight excluding hydrogens is 228 g/mol. The Hall–Kier alpha value is -1.10. The summed E-state index contributed by atoms with van der Waals surface area (Å²) in [7, 11) is 1.89. The van der Waals surface area contributed by atoms with Crippen molar-refractivity contribution in [2.45, 2.75) is 19.0 Å². The molecule has 100 valence electrons. The highest BCUT2D eigenvalue weighted by Crippen LogP contribution is 2.23. The smallest absolute Gasteiger partial charge is 0.123 e. The maximum Gasteiger partial charge on any atom is 0.123 e. The minimum Gasteiger partial charge on any atom is -0.492 e. The third-order valence-corrected chi connectivity index (χ3v) is 3.56. The number of aliphatic hydroxyl groups is 1. The number of hydrogen-bond donors (Lipinski definition) is 2. The van der Waals surface area contributed by atoms with Crippen LogP contribution in [0.3, 0.4) is 0 Å². The van der Waals surface area contributed by atoms with E-state index in [0.29, 0.717) is 6.61 Å². The van der Waals surface area contributed by atoms with Crippen LogP contribution < -0.4 is 10.1 Å². The van der Waals surface area contributed by atoms with Gasteiger partial charge in [0.15, 0.2) is 0 Å².